The van der Waals surface area contributed by atoms with Gasteiger partial charge in [0.25, 0.3) is 0 Å². The molecule has 2 aliphatic rings. The number of ether oxygens (including phenoxy) is 1. The van der Waals surface area contributed by atoms with Crippen molar-refractivity contribution in [1.82, 2.24) is 5.32 Å². The molecule has 0 bridgehead atoms. The molecule has 0 saturated heterocycles. The molecule has 1 N–H and O–H groups in total. The van der Waals surface area contributed by atoms with Gasteiger partial charge in [0.15, 0.2) is 0 Å². The Labute approximate surface area is 120 Å². The van der Waals surface area contributed by atoms with Gasteiger partial charge in [-0.15, -0.1) is 0 Å². The van der Waals surface area contributed by atoms with Crippen molar-refractivity contribution in [2.45, 2.75) is 44.6 Å². The number of fused-ring (bicyclic) bond motifs is 1. The fraction of sp³-hybridized carbons (Fsp3) is 0.647. The van der Waals surface area contributed by atoms with Crippen molar-refractivity contribution in [3.8, 4) is 5.75 Å². The van der Waals surface area contributed by atoms with Gasteiger partial charge < -0.3 is 10.1 Å². The van der Waals surface area contributed by atoms with E-state index in [2.05, 4.69) is 5.32 Å². The highest BCUT2D eigenvalue weighted by Gasteiger charge is 2.31. The molecule has 1 aliphatic carbocycles. The van der Waals surface area contributed by atoms with Gasteiger partial charge in [0.2, 0.25) is 0 Å². The van der Waals surface area contributed by atoms with E-state index in [0.29, 0.717) is 5.92 Å². The molecule has 0 radical (unpaired) electrons. The lowest BCUT2D eigenvalue weighted by Gasteiger charge is -2.25. The van der Waals surface area contributed by atoms with Crippen LogP contribution in [0.15, 0.2) is 18.2 Å². The van der Waals surface area contributed by atoms with Crippen molar-refractivity contribution < 1.29 is 9.13 Å². The maximum Gasteiger partial charge on any atom is 0.123 e. The van der Waals surface area contributed by atoms with Crippen molar-refractivity contribution in [1.29, 1.82) is 0 Å². The third-order valence-electron chi connectivity index (χ3n) is 4.86. The molecule has 3 heteroatoms. The highest BCUT2D eigenvalue weighted by molar-refractivity contribution is 5.37. The van der Waals surface area contributed by atoms with Crippen LogP contribution in [0.4, 0.5) is 4.39 Å². The minimum Gasteiger partial charge on any atom is -0.490 e. The fourth-order valence-corrected chi connectivity index (χ4v) is 3.89. The molecule has 2 nitrogen and oxygen atoms in total. The third kappa shape index (κ3) is 2.98. The van der Waals surface area contributed by atoms with Crippen molar-refractivity contribution >= 4 is 0 Å². The van der Waals surface area contributed by atoms with Crippen LogP contribution in [0.5, 0.6) is 5.75 Å². The minimum absolute atomic E-state index is 0.157. The molecular weight excluding hydrogens is 253 g/mol. The van der Waals surface area contributed by atoms with E-state index in [1.807, 2.05) is 7.05 Å². The van der Waals surface area contributed by atoms with Gasteiger partial charge in [-0.3, -0.25) is 0 Å². The zero-order valence-electron chi connectivity index (χ0n) is 12.2. The van der Waals surface area contributed by atoms with E-state index >= 15 is 0 Å². The van der Waals surface area contributed by atoms with Crippen LogP contribution in [-0.2, 0) is 6.42 Å². The fourth-order valence-electron chi connectivity index (χ4n) is 3.89. The Morgan fingerprint density at radius 1 is 1.35 bits per heavy atom. The second-order valence-electron chi connectivity index (χ2n) is 6.29. The van der Waals surface area contributed by atoms with Gasteiger partial charge in [-0.25, -0.2) is 4.39 Å². The molecule has 1 saturated carbocycles. The maximum absolute atomic E-state index is 13.3. The average Bonchev–Trinajstić information content (AvgIpc) is 3.06. The molecule has 0 spiro atoms. The summed E-state index contributed by atoms with van der Waals surface area (Å²) >= 11 is 0. The molecule has 20 heavy (non-hydrogen) atoms. The van der Waals surface area contributed by atoms with Crippen LogP contribution in [0.25, 0.3) is 0 Å². The maximum atomic E-state index is 13.3. The zero-order chi connectivity index (χ0) is 13.9. The molecule has 110 valence electrons. The first-order chi connectivity index (χ1) is 9.76. The highest BCUT2D eigenvalue weighted by atomic mass is 19.1. The van der Waals surface area contributed by atoms with E-state index in [9.17, 15) is 4.39 Å². The molecule has 2 unspecified atom stereocenters. The topological polar surface area (TPSA) is 21.3 Å². The van der Waals surface area contributed by atoms with Crippen LogP contribution in [0.3, 0.4) is 0 Å². The van der Waals surface area contributed by atoms with Gasteiger partial charge in [0.1, 0.15) is 17.7 Å². The summed E-state index contributed by atoms with van der Waals surface area (Å²) in [6.07, 6.45) is 7.65. The number of rotatable bonds is 5. The average molecular weight is 277 g/mol. The van der Waals surface area contributed by atoms with Gasteiger partial charge in [0.05, 0.1) is 0 Å². The molecular formula is C17H24FNO. The van der Waals surface area contributed by atoms with Gasteiger partial charge >= 0.3 is 0 Å². The molecule has 1 aromatic rings. The SMILES string of the molecule is CNCC(CC1Cc2cc(F)ccc2O1)C1CCCC1. The van der Waals surface area contributed by atoms with Crippen LogP contribution in [0.2, 0.25) is 0 Å². The minimum atomic E-state index is -0.157. The van der Waals surface area contributed by atoms with Crippen molar-refractivity contribution in [2.75, 3.05) is 13.6 Å². The van der Waals surface area contributed by atoms with Crippen LogP contribution in [0.1, 0.15) is 37.7 Å². The standard InChI is InChI=1S/C17H24FNO/c1-19-11-14(12-4-2-3-5-12)10-16-9-13-8-15(18)6-7-17(13)20-16/h6-8,12,14,16,19H,2-5,9-11H2,1H3. The second-order valence-corrected chi connectivity index (χ2v) is 6.29. The smallest absolute Gasteiger partial charge is 0.123 e. The summed E-state index contributed by atoms with van der Waals surface area (Å²) in [6, 6.07) is 4.88. The molecule has 1 heterocycles. The molecule has 3 rings (SSSR count). The molecule has 2 atom stereocenters. The normalized spacial score (nSPS) is 23.6. The quantitative estimate of drug-likeness (QED) is 0.888. The molecule has 0 amide bonds. The van der Waals surface area contributed by atoms with Gasteiger partial charge in [0, 0.05) is 12.0 Å². The Balaban J connectivity index is 1.62. The van der Waals surface area contributed by atoms with Crippen LogP contribution in [-0.4, -0.2) is 19.7 Å². The van der Waals surface area contributed by atoms with E-state index in [4.69, 9.17) is 4.74 Å². The predicted molar refractivity (Wildman–Crippen MR) is 78.5 cm³/mol. The summed E-state index contributed by atoms with van der Waals surface area (Å²) in [4.78, 5) is 0. The number of halogens is 1. The summed E-state index contributed by atoms with van der Waals surface area (Å²) in [6.45, 7) is 1.06. The van der Waals surface area contributed by atoms with E-state index in [-0.39, 0.29) is 11.9 Å². The molecule has 1 aromatic carbocycles. The van der Waals surface area contributed by atoms with E-state index < -0.39 is 0 Å². The van der Waals surface area contributed by atoms with Gasteiger partial charge in [-0.1, -0.05) is 25.7 Å². The van der Waals surface area contributed by atoms with Crippen molar-refractivity contribution in [3.05, 3.63) is 29.6 Å². The molecule has 0 aromatic heterocycles. The highest BCUT2D eigenvalue weighted by Crippen LogP contribution is 2.37. The number of nitrogens with one attached hydrogen (secondary N) is 1. The summed E-state index contributed by atoms with van der Waals surface area (Å²) in [5.41, 5.74) is 1.03. The first kappa shape index (κ1) is 13.9. The molecule has 1 fully saturated rings. The number of hydrogen-bond acceptors (Lipinski definition) is 2. The monoisotopic (exact) mass is 277 g/mol. The van der Waals surface area contributed by atoms with E-state index in [1.54, 1.807) is 12.1 Å². The lowest BCUT2D eigenvalue weighted by atomic mass is 9.85. The van der Waals surface area contributed by atoms with Crippen molar-refractivity contribution in [2.24, 2.45) is 11.8 Å². The number of hydrogen-bond donors (Lipinski definition) is 1. The first-order valence-corrected chi connectivity index (χ1v) is 7.86. The summed E-state index contributed by atoms with van der Waals surface area (Å²) in [5.74, 6) is 2.25. The Morgan fingerprint density at radius 2 is 2.15 bits per heavy atom. The molecule has 1 aliphatic heterocycles. The largest absolute Gasteiger partial charge is 0.490 e. The van der Waals surface area contributed by atoms with E-state index in [0.717, 1.165) is 36.6 Å². The Bertz CT molecular complexity index is 456. The van der Waals surface area contributed by atoms with Gasteiger partial charge in [-0.2, -0.15) is 0 Å². The van der Waals surface area contributed by atoms with Crippen LogP contribution >= 0.6 is 0 Å². The van der Waals surface area contributed by atoms with E-state index in [1.165, 1.54) is 31.7 Å². The van der Waals surface area contributed by atoms with Gasteiger partial charge in [-0.05, 0) is 50.0 Å². The third-order valence-corrected chi connectivity index (χ3v) is 4.86. The second kappa shape index (κ2) is 6.13. The lowest BCUT2D eigenvalue weighted by Crippen LogP contribution is -2.30. The summed E-state index contributed by atoms with van der Waals surface area (Å²) in [7, 11) is 2.03. The predicted octanol–water partition coefficient (Wildman–Crippen LogP) is 3.55. The lowest BCUT2D eigenvalue weighted by molar-refractivity contribution is 0.166. The van der Waals surface area contributed by atoms with Crippen LogP contribution in [0, 0.1) is 17.7 Å². The Kier molecular flexibility index (Phi) is 4.25. The van der Waals surface area contributed by atoms with Crippen LogP contribution < -0.4 is 10.1 Å². The Hall–Kier alpha value is -1.09. The van der Waals surface area contributed by atoms with Crippen molar-refractivity contribution in [3.63, 3.8) is 0 Å². The Morgan fingerprint density at radius 3 is 2.90 bits per heavy atom. The number of benzene rings is 1. The summed E-state index contributed by atoms with van der Waals surface area (Å²) in [5, 5.41) is 3.33. The first-order valence-electron chi connectivity index (χ1n) is 7.86. The zero-order valence-corrected chi connectivity index (χ0v) is 12.2. The summed E-state index contributed by atoms with van der Waals surface area (Å²) < 4.78 is 19.3.